The van der Waals surface area contributed by atoms with Gasteiger partial charge in [0.25, 0.3) is 0 Å². The standard InChI is InChI=1S/C11H9F3O4S/c12-11(13,14)19(16,17)18-10-4-2-7-1-3-9(15)5-8(7)6-10/h1,3,5-6,15H,2,4H2. The van der Waals surface area contributed by atoms with E-state index < -0.39 is 15.6 Å². The number of benzene rings is 1. The summed E-state index contributed by atoms with van der Waals surface area (Å²) in [5.41, 5.74) is -4.21. The average Bonchev–Trinajstić information content (AvgIpc) is 2.26. The molecule has 0 saturated heterocycles. The number of hydrogen-bond acceptors (Lipinski definition) is 4. The van der Waals surface area contributed by atoms with Gasteiger partial charge in [0, 0.05) is 6.42 Å². The lowest BCUT2D eigenvalue weighted by atomic mass is 9.96. The van der Waals surface area contributed by atoms with Crippen LogP contribution in [0.5, 0.6) is 5.75 Å². The van der Waals surface area contributed by atoms with Gasteiger partial charge in [0.2, 0.25) is 0 Å². The largest absolute Gasteiger partial charge is 0.534 e. The molecule has 1 aliphatic carbocycles. The second kappa shape index (κ2) is 4.44. The fraction of sp³-hybridized carbons (Fsp3) is 0.273. The number of fused-ring (bicyclic) bond motifs is 1. The molecule has 4 nitrogen and oxygen atoms in total. The summed E-state index contributed by atoms with van der Waals surface area (Å²) in [6.45, 7) is 0. The Hall–Kier alpha value is -1.70. The van der Waals surface area contributed by atoms with Crippen LogP contribution in [0.3, 0.4) is 0 Å². The maximum Gasteiger partial charge on any atom is 0.534 e. The number of alkyl halides is 3. The molecule has 0 aromatic heterocycles. The number of allylic oxidation sites excluding steroid dienone is 1. The Morgan fingerprint density at radius 1 is 1.21 bits per heavy atom. The summed E-state index contributed by atoms with van der Waals surface area (Å²) in [5, 5.41) is 9.27. The van der Waals surface area contributed by atoms with Gasteiger partial charge in [-0.1, -0.05) is 6.07 Å². The molecule has 0 heterocycles. The van der Waals surface area contributed by atoms with Gasteiger partial charge in [-0.15, -0.1) is 0 Å². The summed E-state index contributed by atoms with van der Waals surface area (Å²) in [6.07, 6.45) is 1.57. The SMILES string of the molecule is O=S(=O)(OC1=Cc2cc(O)ccc2CC1)C(F)(F)F. The quantitative estimate of drug-likeness (QED) is 0.672. The third-order valence-electron chi connectivity index (χ3n) is 2.59. The fourth-order valence-corrected chi connectivity index (χ4v) is 2.21. The minimum Gasteiger partial charge on any atom is -0.508 e. The summed E-state index contributed by atoms with van der Waals surface area (Å²) >= 11 is 0. The lowest BCUT2D eigenvalue weighted by Gasteiger charge is -2.17. The number of rotatable bonds is 2. The van der Waals surface area contributed by atoms with Crippen molar-refractivity contribution in [3.8, 4) is 5.75 Å². The first kappa shape index (κ1) is 13.7. The van der Waals surface area contributed by atoms with Crippen LogP contribution >= 0.6 is 0 Å². The predicted octanol–water partition coefficient (Wildman–Crippen LogP) is 2.55. The van der Waals surface area contributed by atoms with Crippen molar-refractivity contribution in [1.29, 1.82) is 0 Å². The van der Waals surface area contributed by atoms with E-state index in [1.54, 1.807) is 6.07 Å². The maximum absolute atomic E-state index is 12.2. The van der Waals surface area contributed by atoms with Gasteiger partial charge in [-0.2, -0.15) is 21.6 Å². The first-order valence-electron chi connectivity index (χ1n) is 5.22. The van der Waals surface area contributed by atoms with E-state index in [9.17, 15) is 26.7 Å². The average molecular weight is 294 g/mol. The molecule has 1 N–H and O–H groups in total. The summed E-state index contributed by atoms with van der Waals surface area (Å²) in [4.78, 5) is 0. The van der Waals surface area contributed by atoms with Crippen LogP contribution < -0.4 is 0 Å². The molecule has 0 atom stereocenters. The van der Waals surface area contributed by atoms with Crippen molar-refractivity contribution in [3.63, 3.8) is 0 Å². The molecule has 1 aliphatic rings. The Labute approximate surface area is 107 Å². The Balaban J connectivity index is 2.30. The van der Waals surface area contributed by atoms with E-state index in [4.69, 9.17) is 0 Å². The van der Waals surface area contributed by atoms with Crippen LogP contribution in [0.25, 0.3) is 6.08 Å². The van der Waals surface area contributed by atoms with Crippen molar-refractivity contribution in [2.24, 2.45) is 0 Å². The van der Waals surface area contributed by atoms with Gasteiger partial charge in [0.15, 0.2) is 0 Å². The van der Waals surface area contributed by atoms with Crippen molar-refractivity contribution in [2.45, 2.75) is 18.3 Å². The van der Waals surface area contributed by atoms with Crippen molar-refractivity contribution in [2.75, 3.05) is 0 Å². The smallest absolute Gasteiger partial charge is 0.508 e. The van der Waals surface area contributed by atoms with Gasteiger partial charge in [-0.25, -0.2) is 0 Å². The Morgan fingerprint density at radius 3 is 2.53 bits per heavy atom. The van der Waals surface area contributed by atoms with Crippen molar-refractivity contribution < 1.29 is 30.9 Å². The zero-order valence-corrected chi connectivity index (χ0v) is 10.3. The van der Waals surface area contributed by atoms with E-state index in [1.807, 2.05) is 0 Å². The van der Waals surface area contributed by atoms with Crippen LogP contribution in [0.4, 0.5) is 13.2 Å². The summed E-state index contributed by atoms with van der Waals surface area (Å²) in [7, 11) is -5.64. The number of hydrogen-bond donors (Lipinski definition) is 1. The minimum atomic E-state index is -5.64. The predicted molar refractivity (Wildman–Crippen MR) is 60.5 cm³/mol. The number of aromatic hydroxyl groups is 1. The third kappa shape index (κ3) is 2.83. The molecule has 0 fully saturated rings. The second-order valence-electron chi connectivity index (χ2n) is 3.98. The second-order valence-corrected chi connectivity index (χ2v) is 5.51. The number of halogens is 3. The van der Waals surface area contributed by atoms with Crippen LogP contribution in [0, 0.1) is 0 Å². The summed E-state index contributed by atoms with van der Waals surface area (Å²) in [5.74, 6) is -0.356. The Bertz CT molecular complexity index is 632. The van der Waals surface area contributed by atoms with Crippen LogP contribution in [0.2, 0.25) is 0 Å². The molecule has 0 saturated carbocycles. The molecule has 1 aromatic rings. The maximum atomic E-state index is 12.2. The highest BCUT2D eigenvalue weighted by molar-refractivity contribution is 7.87. The van der Waals surface area contributed by atoms with Crippen LogP contribution in [0.1, 0.15) is 17.5 Å². The Morgan fingerprint density at radius 2 is 1.89 bits per heavy atom. The topological polar surface area (TPSA) is 63.6 Å². The van der Waals surface area contributed by atoms with E-state index in [0.29, 0.717) is 12.0 Å². The first-order chi connectivity index (χ1) is 8.69. The molecule has 104 valence electrons. The van der Waals surface area contributed by atoms with Crippen LogP contribution in [-0.2, 0) is 20.7 Å². The number of aryl methyl sites for hydroxylation is 1. The molecular weight excluding hydrogens is 285 g/mol. The highest BCUT2D eigenvalue weighted by atomic mass is 32.2. The molecule has 0 amide bonds. The highest BCUT2D eigenvalue weighted by Crippen LogP contribution is 2.32. The molecular formula is C11H9F3O4S. The van der Waals surface area contributed by atoms with E-state index in [2.05, 4.69) is 4.18 Å². The molecule has 8 heteroatoms. The molecule has 0 radical (unpaired) electrons. The molecule has 0 unspecified atom stereocenters. The lowest BCUT2D eigenvalue weighted by Crippen LogP contribution is -2.25. The molecule has 0 aliphatic heterocycles. The molecule has 19 heavy (non-hydrogen) atoms. The molecule has 0 bridgehead atoms. The van der Waals surface area contributed by atoms with E-state index in [-0.39, 0.29) is 17.9 Å². The van der Waals surface area contributed by atoms with Crippen molar-refractivity contribution >= 4 is 16.2 Å². The van der Waals surface area contributed by atoms with Gasteiger partial charge in [0.1, 0.15) is 11.5 Å². The number of phenolic OH excluding ortho intramolecular Hbond substituents is 1. The van der Waals surface area contributed by atoms with E-state index in [0.717, 1.165) is 5.56 Å². The van der Waals surface area contributed by atoms with Crippen LogP contribution in [0.15, 0.2) is 24.0 Å². The van der Waals surface area contributed by atoms with Gasteiger partial charge in [0.05, 0.1) is 0 Å². The van der Waals surface area contributed by atoms with Gasteiger partial charge >= 0.3 is 15.6 Å². The van der Waals surface area contributed by atoms with Crippen molar-refractivity contribution in [3.05, 3.63) is 35.1 Å². The first-order valence-corrected chi connectivity index (χ1v) is 6.63. The van der Waals surface area contributed by atoms with Crippen LogP contribution in [-0.4, -0.2) is 19.0 Å². The summed E-state index contributed by atoms with van der Waals surface area (Å²) < 4.78 is 62.3. The Kier molecular flexibility index (Phi) is 3.21. The third-order valence-corrected chi connectivity index (χ3v) is 3.59. The zero-order valence-electron chi connectivity index (χ0n) is 9.44. The highest BCUT2D eigenvalue weighted by Gasteiger charge is 2.48. The van der Waals surface area contributed by atoms with E-state index >= 15 is 0 Å². The zero-order chi connectivity index (χ0) is 14.3. The minimum absolute atomic E-state index is 0.0487. The number of phenols is 1. The fourth-order valence-electron chi connectivity index (χ4n) is 1.70. The monoisotopic (exact) mass is 294 g/mol. The van der Waals surface area contributed by atoms with Crippen molar-refractivity contribution in [1.82, 2.24) is 0 Å². The van der Waals surface area contributed by atoms with Gasteiger partial charge in [-0.05, 0) is 35.8 Å². The molecule has 0 spiro atoms. The lowest BCUT2D eigenvalue weighted by molar-refractivity contribution is -0.0522. The molecule has 1 aromatic carbocycles. The summed E-state index contributed by atoms with van der Waals surface area (Å²) in [6, 6.07) is 4.40. The van der Waals surface area contributed by atoms with Gasteiger partial charge < -0.3 is 9.29 Å². The normalized spacial score (nSPS) is 15.6. The van der Waals surface area contributed by atoms with Gasteiger partial charge in [-0.3, -0.25) is 0 Å². The molecule has 2 rings (SSSR count). The van der Waals surface area contributed by atoms with E-state index in [1.165, 1.54) is 18.2 Å².